The molecule has 3 aliphatic heterocycles. The van der Waals surface area contributed by atoms with Crippen molar-refractivity contribution in [2.24, 2.45) is 25.9 Å². The average molecular weight is 590 g/mol. The number of H-pyrrole nitrogens is 1. The van der Waals surface area contributed by atoms with E-state index in [-0.39, 0.29) is 20.5 Å². The molecule has 43 heavy (non-hydrogen) atoms. The quantitative estimate of drug-likeness (QED) is 0.284. The summed E-state index contributed by atoms with van der Waals surface area (Å²) in [5.41, 5.74) is 4.80. The fourth-order valence-electron chi connectivity index (χ4n) is 7.72. The van der Waals surface area contributed by atoms with Crippen LogP contribution in [0.4, 0.5) is 4.39 Å². The summed E-state index contributed by atoms with van der Waals surface area (Å²) in [6, 6.07) is 8.24. The molecule has 10 nitrogen and oxygen atoms in total. The van der Waals surface area contributed by atoms with Gasteiger partial charge in [-0.25, -0.2) is 9.78 Å². The number of aryl methyl sites for hydroxylation is 2. The largest absolute Gasteiger partial charge is 0.370 e. The number of nitrogens with zero attached hydrogens (tertiary/aromatic N) is 5. The van der Waals surface area contributed by atoms with E-state index < -0.39 is 17.3 Å². The van der Waals surface area contributed by atoms with Gasteiger partial charge < -0.3 is 14.5 Å². The minimum Gasteiger partial charge on any atom is -0.370 e. The number of likely N-dealkylation sites (N-methyl/N-ethyl adjacent to an activating group) is 1. The van der Waals surface area contributed by atoms with Crippen molar-refractivity contribution in [3.05, 3.63) is 58.7 Å². The van der Waals surface area contributed by atoms with Crippen molar-refractivity contribution < 1.29 is 16.7 Å². The Labute approximate surface area is 250 Å². The third-order valence-electron chi connectivity index (χ3n) is 10.3. The van der Waals surface area contributed by atoms with Gasteiger partial charge in [0.05, 0.1) is 52.7 Å². The molecular weight excluding hydrogens is 549 g/mol. The standard InChI is InChI=1S/C32H36FN7O3.2H2/c1-31(2)19-9-6-17(7-10-19)24-25-27-23(13-35-29(25)36-26(24)21-14-38(4)37-28(21)33)39(5)30(41)40(27)20-11-8-18(12-20)22(15-42-31)32(34-3)16-43-32;;/h6-7,9-10,13-14,18,20,22,34H,8,11-12,15-16H2,1-5H3,(H,35,36);2*1H/t18-,20-,22?,32?;;/m1../s1. The maximum atomic E-state index is 15.2. The predicted octanol–water partition coefficient (Wildman–Crippen LogP) is 5.08. The van der Waals surface area contributed by atoms with Gasteiger partial charge >= 0.3 is 5.69 Å². The lowest BCUT2D eigenvalue weighted by atomic mass is 9.84. The fraction of sp³-hybridized carbons (Fsp3) is 0.469. The highest BCUT2D eigenvalue weighted by atomic mass is 19.1. The summed E-state index contributed by atoms with van der Waals surface area (Å²) in [5, 5.41) is 8.23. The van der Waals surface area contributed by atoms with E-state index in [2.05, 4.69) is 41.4 Å². The minimum atomic E-state index is -0.570. The molecule has 11 heteroatoms. The van der Waals surface area contributed by atoms with Gasteiger partial charge in [0.25, 0.3) is 0 Å². The number of imidazole rings is 1. The molecule has 0 spiro atoms. The fourth-order valence-corrected chi connectivity index (χ4v) is 7.72. The van der Waals surface area contributed by atoms with Crippen LogP contribution in [0.1, 0.15) is 47.6 Å². The molecule has 9 rings (SSSR count). The van der Waals surface area contributed by atoms with Gasteiger partial charge in [-0.2, -0.15) is 4.39 Å². The SMILES string of the molecule is CNC1(C2COC(C)(C)c3ccc(cc3)-c3c(-c4cn(C)nc4F)[nH]c4ncc5c(c34)n(c(=O)n5C)[C@@H]3CC[C@@H]2C3)CO1.[HH].[HH]. The molecule has 2 unspecified atom stereocenters. The van der Waals surface area contributed by atoms with E-state index in [4.69, 9.17) is 14.5 Å². The highest BCUT2D eigenvalue weighted by molar-refractivity contribution is 6.14. The van der Waals surface area contributed by atoms with Crippen LogP contribution in [0.15, 0.2) is 41.5 Å². The first-order valence-corrected chi connectivity index (χ1v) is 15.0. The first-order chi connectivity index (χ1) is 20.6. The van der Waals surface area contributed by atoms with Gasteiger partial charge in [-0.15, -0.1) is 5.10 Å². The molecule has 4 atom stereocenters. The number of epoxide rings is 1. The van der Waals surface area contributed by atoms with Gasteiger partial charge in [-0.3, -0.25) is 19.1 Å². The highest BCUT2D eigenvalue weighted by Gasteiger charge is 2.55. The van der Waals surface area contributed by atoms with Crippen molar-refractivity contribution in [2.45, 2.75) is 50.5 Å². The van der Waals surface area contributed by atoms with Crippen LogP contribution in [0.3, 0.4) is 0 Å². The smallest absolute Gasteiger partial charge is 0.329 e. The Kier molecular flexibility index (Phi) is 5.67. The molecule has 4 aromatic heterocycles. The number of rotatable bonds is 3. The van der Waals surface area contributed by atoms with Crippen molar-refractivity contribution in [3.63, 3.8) is 0 Å². The molecule has 1 aromatic carbocycles. The number of ether oxygens (including phenoxy) is 2. The van der Waals surface area contributed by atoms with Crippen LogP contribution in [0, 0.1) is 17.8 Å². The van der Waals surface area contributed by atoms with E-state index >= 15 is 4.39 Å². The van der Waals surface area contributed by atoms with Gasteiger partial charge in [0.1, 0.15) is 11.4 Å². The third kappa shape index (κ3) is 3.84. The van der Waals surface area contributed by atoms with Gasteiger partial charge in [-0.1, -0.05) is 24.3 Å². The van der Waals surface area contributed by atoms with E-state index in [1.807, 2.05) is 23.7 Å². The van der Waals surface area contributed by atoms with Crippen LogP contribution in [-0.2, 0) is 29.2 Å². The van der Waals surface area contributed by atoms with E-state index in [0.29, 0.717) is 36.0 Å². The molecule has 0 radical (unpaired) electrons. The Morgan fingerprint density at radius 1 is 1.16 bits per heavy atom. The van der Waals surface area contributed by atoms with E-state index in [1.54, 1.807) is 31.1 Å². The van der Waals surface area contributed by atoms with Crippen LogP contribution in [0.2, 0.25) is 0 Å². The zero-order chi connectivity index (χ0) is 29.8. The van der Waals surface area contributed by atoms with Crippen LogP contribution >= 0.6 is 0 Å². The summed E-state index contributed by atoms with van der Waals surface area (Å²) in [7, 11) is 5.45. The second kappa shape index (κ2) is 9.10. The molecule has 2 fully saturated rings. The summed E-state index contributed by atoms with van der Waals surface area (Å²) in [5.74, 6) is -0.145. The topological polar surface area (TPSA) is 107 Å². The number of benzene rings is 1. The van der Waals surface area contributed by atoms with Gasteiger partial charge in [-0.05, 0) is 57.2 Å². The summed E-state index contributed by atoms with van der Waals surface area (Å²) in [4.78, 5) is 22.2. The molecule has 4 aliphatic rings. The molecule has 1 aliphatic carbocycles. The van der Waals surface area contributed by atoms with E-state index in [0.717, 1.165) is 52.4 Å². The number of hydrogen-bond donors (Lipinski definition) is 2. The second-order valence-corrected chi connectivity index (χ2v) is 13.0. The van der Waals surface area contributed by atoms with Crippen LogP contribution in [-0.4, -0.2) is 54.9 Å². The lowest BCUT2D eigenvalue weighted by Gasteiger charge is -2.34. The number of halogens is 1. The first-order valence-electron chi connectivity index (χ1n) is 15.0. The van der Waals surface area contributed by atoms with Gasteiger partial charge in [0, 0.05) is 40.7 Å². The number of pyridine rings is 1. The van der Waals surface area contributed by atoms with Crippen molar-refractivity contribution in [3.8, 4) is 22.4 Å². The zero-order valence-corrected chi connectivity index (χ0v) is 25.1. The Morgan fingerprint density at radius 3 is 2.60 bits per heavy atom. The monoisotopic (exact) mass is 589 g/mol. The van der Waals surface area contributed by atoms with Crippen molar-refractivity contribution >= 4 is 22.1 Å². The Bertz CT molecular complexity index is 1970. The average Bonchev–Trinajstić information content (AvgIpc) is 3.22. The summed E-state index contributed by atoms with van der Waals surface area (Å²) >= 11 is 0. The summed E-state index contributed by atoms with van der Waals surface area (Å²) in [6.07, 6.45) is 6.08. The normalized spacial score (nSPS) is 26.4. The van der Waals surface area contributed by atoms with E-state index in [1.165, 1.54) is 4.68 Å². The molecule has 0 amide bonds. The second-order valence-electron chi connectivity index (χ2n) is 13.0. The molecule has 7 heterocycles. The van der Waals surface area contributed by atoms with Crippen molar-refractivity contribution in [2.75, 3.05) is 20.3 Å². The maximum Gasteiger partial charge on any atom is 0.329 e. The zero-order valence-electron chi connectivity index (χ0n) is 25.1. The molecular formula is C32H40FN7O3. The molecule has 1 saturated carbocycles. The Hall–Kier alpha value is -3.80. The van der Waals surface area contributed by atoms with Crippen molar-refractivity contribution in [1.82, 2.24) is 34.2 Å². The third-order valence-corrected chi connectivity index (χ3v) is 10.3. The number of aromatic nitrogens is 6. The number of fused-ring (bicyclic) bond motifs is 5. The Morgan fingerprint density at radius 2 is 1.93 bits per heavy atom. The summed E-state index contributed by atoms with van der Waals surface area (Å²) < 4.78 is 33.1. The summed E-state index contributed by atoms with van der Waals surface area (Å²) in [6.45, 7) is 5.38. The van der Waals surface area contributed by atoms with Gasteiger partial charge in [0.15, 0.2) is 0 Å². The predicted molar refractivity (Wildman–Crippen MR) is 165 cm³/mol. The van der Waals surface area contributed by atoms with Gasteiger partial charge in [0.2, 0.25) is 5.95 Å². The van der Waals surface area contributed by atoms with Crippen LogP contribution in [0.5, 0.6) is 0 Å². The highest BCUT2D eigenvalue weighted by Crippen LogP contribution is 2.49. The number of nitrogens with one attached hydrogen (secondary N) is 2. The number of hydrogen-bond acceptors (Lipinski definition) is 6. The molecule has 5 aromatic rings. The molecule has 1 saturated heterocycles. The lowest BCUT2D eigenvalue weighted by Crippen LogP contribution is -2.45. The van der Waals surface area contributed by atoms with Crippen LogP contribution < -0.4 is 11.0 Å². The maximum absolute atomic E-state index is 15.2. The Balaban J connectivity index is 0.00000179. The number of aromatic amines is 1. The van der Waals surface area contributed by atoms with E-state index in [9.17, 15) is 4.79 Å². The lowest BCUT2D eigenvalue weighted by molar-refractivity contribution is -0.0674. The van der Waals surface area contributed by atoms with Crippen molar-refractivity contribution in [1.29, 1.82) is 0 Å². The first kappa shape index (κ1) is 26.8. The molecule has 4 bridgehead atoms. The van der Waals surface area contributed by atoms with Crippen LogP contribution in [0.25, 0.3) is 44.5 Å². The minimum absolute atomic E-state index is 0. The molecule has 2 N–H and O–H groups in total. The molecule has 228 valence electrons.